The molecule has 5 nitrogen and oxygen atoms in total. The summed E-state index contributed by atoms with van der Waals surface area (Å²) in [6, 6.07) is 11.1. The number of aromatic carboxylic acids is 1. The van der Waals surface area contributed by atoms with Gasteiger partial charge >= 0.3 is 5.97 Å². The Morgan fingerprint density at radius 1 is 1.00 bits per heavy atom. The van der Waals surface area contributed by atoms with Crippen molar-refractivity contribution in [2.75, 3.05) is 4.72 Å². The molecule has 0 saturated carbocycles. The van der Waals surface area contributed by atoms with E-state index in [4.69, 9.17) is 16.7 Å². The first kappa shape index (κ1) is 14.4. The van der Waals surface area contributed by atoms with E-state index >= 15 is 0 Å². The second-order valence-electron chi connectivity index (χ2n) is 3.94. The van der Waals surface area contributed by atoms with Crippen LogP contribution in [0.5, 0.6) is 0 Å². The van der Waals surface area contributed by atoms with Crippen molar-refractivity contribution >= 4 is 33.3 Å². The summed E-state index contributed by atoms with van der Waals surface area (Å²) in [6.07, 6.45) is 0. The summed E-state index contributed by atoms with van der Waals surface area (Å²) >= 11 is 5.71. The van der Waals surface area contributed by atoms with Crippen LogP contribution in [0.3, 0.4) is 0 Å². The molecule has 0 spiro atoms. The predicted molar refractivity (Wildman–Crippen MR) is 75.7 cm³/mol. The normalized spacial score (nSPS) is 11.1. The number of nitrogens with one attached hydrogen (secondary N) is 1. The van der Waals surface area contributed by atoms with Crippen molar-refractivity contribution in [2.45, 2.75) is 4.90 Å². The molecule has 2 rings (SSSR count). The minimum atomic E-state index is -3.75. The van der Waals surface area contributed by atoms with Gasteiger partial charge in [0.2, 0.25) is 0 Å². The first-order chi connectivity index (χ1) is 9.38. The van der Waals surface area contributed by atoms with Gasteiger partial charge in [0.1, 0.15) is 0 Å². The number of carboxylic acid groups (broad SMARTS) is 1. The van der Waals surface area contributed by atoms with Gasteiger partial charge in [0.15, 0.2) is 0 Å². The Labute approximate surface area is 120 Å². The van der Waals surface area contributed by atoms with E-state index in [0.717, 1.165) is 0 Å². The van der Waals surface area contributed by atoms with Crippen LogP contribution in [0.1, 0.15) is 10.4 Å². The van der Waals surface area contributed by atoms with Crippen molar-refractivity contribution in [1.29, 1.82) is 0 Å². The van der Waals surface area contributed by atoms with Gasteiger partial charge in [-0.1, -0.05) is 11.6 Å². The maximum Gasteiger partial charge on any atom is 0.335 e. The molecular formula is C13H10ClNO4S. The average molecular weight is 312 g/mol. The first-order valence-electron chi connectivity index (χ1n) is 5.50. The van der Waals surface area contributed by atoms with Crippen molar-refractivity contribution in [3.63, 3.8) is 0 Å². The van der Waals surface area contributed by atoms with Crippen LogP contribution in [0.2, 0.25) is 5.02 Å². The van der Waals surface area contributed by atoms with E-state index in [0.29, 0.717) is 10.7 Å². The van der Waals surface area contributed by atoms with E-state index in [2.05, 4.69) is 4.72 Å². The summed E-state index contributed by atoms with van der Waals surface area (Å²) in [5.41, 5.74) is 0.396. The zero-order chi connectivity index (χ0) is 14.8. The maximum atomic E-state index is 12.1. The lowest BCUT2D eigenvalue weighted by Gasteiger charge is -2.08. The van der Waals surface area contributed by atoms with E-state index in [1.807, 2.05) is 0 Å². The minimum absolute atomic E-state index is 0.0162. The van der Waals surface area contributed by atoms with Crippen LogP contribution < -0.4 is 4.72 Å². The summed E-state index contributed by atoms with van der Waals surface area (Å²) in [5, 5.41) is 9.26. The maximum absolute atomic E-state index is 12.1. The van der Waals surface area contributed by atoms with Crippen molar-refractivity contribution < 1.29 is 18.3 Å². The van der Waals surface area contributed by atoms with Crippen LogP contribution in [0.25, 0.3) is 0 Å². The topological polar surface area (TPSA) is 83.5 Å². The van der Waals surface area contributed by atoms with Gasteiger partial charge < -0.3 is 5.11 Å². The highest BCUT2D eigenvalue weighted by atomic mass is 35.5. The Balaban J connectivity index is 2.26. The molecule has 0 atom stereocenters. The lowest BCUT2D eigenvalue weighted by Crippen LogP contribution is -2.13. The van der Waals surface area contributed by atoms with Gasteiger partial charge in [0.05, 0.1) is 10.5 Å². The van der Waals surface area contributed by atoms with Crippen molar-refractivity contribution in [1.82, 2.24) is 0 Å². The van der Waals surface area contributed by atoms with Gasteiger partial charge in [-0.3, -0.25) is 4.72 Å². The molecule has 0 radical (unpaired) electrons. The number of benzene rings is 2. The number of hydrogen-bond donors (Lipinski definition) is 2. The van der Waals surface area contributed by atoms with Crippen molar-refractivity contribution in [2.24, 2.45) is 0 Å². The molecule has 0 bridgehead atoms. The monoisotopic (exact) mass is 311 g/mol. The standard InChI is InChI=1S/C13H10ClNO4S/c14-10-3-5-11(6-4-10)15-20(18,19)12-7-1-9(2-8-12)13(16)17/h1-8,15H,(H,16,17). The third-order valence-corrected chi connectivity index (χ3v) is 4.16. The third-order valence-electron chi connectivity index (χ3n) is 2.51. The van der Waals surface area contributed by atoms with Gasteiger partial charge in [0.25, 0.3) is 10.0 Å². The Bertz CT molecular complexity index is 724. The fourth-order valence-electron chi connectivity index (χ4n) is 1.51. The number of sulfonamides is 1. The highest BCUT2D eigenvalue weighted by Crippen LogP contribution is 2.18. The zero-order valence-corrected chi connectivity index (χ0v) is 11.6. The minimum Gasteiger partial charge on any atom is -0.478 e. The summed E-state index contributed by atoms with van der Waals surface area (Å²) in [7, 11) is -3.75. The zero-order valence-electron chi connectivity index (χ0n) is 10.1. The SMILES string of the molecule is O=C(O)c1ccc(S(=O)(=O)Nc2ccc(Cl)cc2)cc1. The largest absolute Gasteiger partial charge is 0.478 e. The van der Waals surface area contributed by atoms with E-state index in [1.165, 1.54) is 36.4 Å². The third kappa shape index (κ3) is 3.28. The van der Waals surface area contributed by atoms with E-state index in [-0.39, 0.29) is 10.5 Å². The number of anilines is 1. The second-order valence-corrected chi connectivity index (χ2v) is 6.06. The molecule has 0 heterocycles. The van der Waals surface area contributed by atoms with E-state index in [9.17, 15) is 13.2 Å². The summed E-state index contributed by atoms with van der Waals surface area (Å²) in [4.78, 5) is 10.7. The molecule has 7 heteroatoms. The van der Waals surface area contributed by atoms with Crippen LogP contribution in [-0.2, 0) is 10.0 Å². The molecule has 0 unspecified atom stereocenters. The van der Waals surface area contributed by atoms with Gasteiger partial charge in [-0.2, -0.15) is 0 Å². The van der Waals surface area contributed by atoms with Gasteiger partial charge in [0, 0.05) is 10.7 Å². The molecule has 0 saturated heterocycles. The molecule has 2 aromatic carbocycles. The Kier molecular flexibility index (Phi) is 3.96. The Morgan fingerprint density at radius 2 is 1.55 bits per heavy atom. The van der Waals surface area contributed by atoms with Crippen molar-refractivity contribution in [3.8, 4) is 0 Å². The molecule has 104 valence electrons. The molecule has 0 aliphatic heterocycles. The second kappa shape index (κ2) is 5.52. The highest BCUT2D eigenvalue weighted by molar-refractivity contribution is 7.92. The molecular weight excluding hydrogens is 302 g/mol. The fraction of sp³-hybridized carbons (Fsp3) is 0. The molecule has 2 aromatic rings. The lowest BCUT2D eigenvalue weighted by molar-refractivity contribution is 0.0697. The number of carboxylic acids is 1. The average Bonchev–Trinajstić information content (AvgIpc) is 2.41. The fourth-order valence-corrected chi connectivity index (χ4v) is 2.69. The van der Waals surface area contributed by atoms with Gasteiger partial charge in [-0.25, -0.2) is 13.2 Å². The summed E-state index contributed by atoms with van der Waals surface area (Å²) < 4.78 is 26.5. The van der Waals surface area contributed by atoms with Crippen LogP contribution in [0.15, 0.2) is 53.4 Å². The highest BCUT2D eigenvalue weighted by Gasteiger charge is 2.14. The summed E-state index contributed by atoms with van der Waals surface area (Å²) in [5.74, 6) is -1.11. The molecule has 20 heavy (non-hydrogen) atoms. The Morgan fingerprint density at radius 3 is 2.05 bits per heavy atom. The molecule has 0 aromatic heterocycles. The van der Waals surface area contributed by atoms with Crippen LogP contribution in [0.4, 0.5) is 5.69 Å². The predicted octanol–water partition coefficient (Wildman–Crippen LogP) is 2.84. The van der Waals surface area contributed by atoms with Crippen LogP contribution in [-0.4, -0.2) is 19.5 Å². The molecule has 0 aliphatic rings. The Hall–Kier alpha value is -2.05. The van der Waals surface area contributed by atoms with E-state index < -0.39 is 16.0 Å². The number of rotatable bonds is 4. The van der Waals surface area contributed by atoms with Crippen molar-refractivity contribution in [3.05, 3.63) is 59.1 Å². The molecule has 2 N–H and O–H groups in total. The lowest BCUT2D eigenvalue weighted by atomic mass is 10.2. The number of carbonyl (C=O) groups is 1. The first-order valence-corrected chi connectivity index (χ1v) is 7.36. The molecule has 0 amide bonds. The summed E-state index contributed by atoms with van der Waals surface area (Å²) in [6.45, 7) is 0. The quantitative estimate of drug-likeness (QED) is 0.909. The van der Waals surface area contributed by atoms with Crippen LogP contribution in [0, 0.1) is 0 Å². The van der Waals surface area contributed by atoms with Gasteiger partial charge in [-0.05, 0) is 48.5 Å². The number of hydrogen-bond acceptors (Lipinski definition) is 3. The molecule has 0 aliphatic carbocycles. The van der Waals surface area contributed by atoms with Crippen LogP contribution >= 0.6 is 11.6 Å². The smallest absolute Gasteiger partial charge is 0.335 e. The van der Waals surface area contributed by atoms with Gasteiger partial charge in [-0.15, -0.1) is 0 Å². The number of halogens is 1. The molecule has 0 fully saturated rings. The van der Waals surface area contributed by atoms with E-state index in [1.54, 1.807) is 12.1 Å².